The van der Waals surface area contributed by atoms with Crippen molar-refractivity contribution in [2.24, 2.45) is 5.92 Å². The van der Waals surface area contributed by atoms with Gasteiger partial charge < -0.3 is 26.6 Å². The predicted molar refractivity (Wildman–Crippen MR) is 115 cm³/mol. The maximum Gasteiger partial charge on any atom is 0.326 e. The van der Waals surface area contributed by atoms with Crippen molar-refractivity contribution in [2.75, 3.05) is 17.6 Å². The number of carbonyl (C=O) groups excluding carboxylic acids is 1. The minimum absolute atomic E-state index is 0.0216. The predicted octanol–water partition coefficient (Wildman–Crippen LogP) is 0.756. The van der Waals surface area contributed by atoms with Crippen LogP contribution in [-0.2, 0) is 22.4 Å². The number of carbonyl (C=O) groups is 3. The van der Waals surface area contributed by atoms with Gasteiger partial charge in [0.05, 0.1) is 5.56 Å². The van der Waals surface area contributed by atoms with E-state index in [0.717, 1.165) is 6.07 Å². The number of hydrogen-bond donors (Lipinski definition) is 6. The molecule has 0 radical (unpaired) electrons. The molecule has 1 unspecified atom stereocenters. The van der Waals surface area contributed by atoms with Crippen molar-refractivity contribution in [3.05, 3.63) is 51.1 Å². The van der Waals surface area contributed by atoms with E-state index in [1.165, 1.54) is 12.1 Å². The zero-order valence-electron chi connectivity index (χ0n) is 17.6. The van der Waals surface area contributed by atoms with Crippen LogP contribution in [0.15, 0.2) is 23.0 Å². The average molecular weight is 461 g/mol. The number of aryl methyl sites for hydroxylation is 1. The number of rotatable bonds is 9. The summed E-state index contributed by atoms with van der Waals surface area (Å²) in [4.78, 5) is 53.1. The van der Waals surface area contributed by atoms with Gasteiger partial charge in [-0.1, -0.05) is 0 Å². The smallest absolute Gasteiger partial charge is 0.326 e. The number of nitrogens with one attached hydrogen (secondary N) is 3. The molecule has 1 aromatic carbocycles. The normalized spacial score (nSPS) is 15.7. The SMILES string of the molecule is Nc1nc2c(c(=O)[nH]1)CC(CCc1cc(C(=O)N[C@@H](CCC(=O)O)C(=O)O)ccc1F)CN2. The van der Waals surface area contributed by atoms with Crippen LogP contribution in [0.2, 0.25) is 0 Å². The maximum absolute atomic E-state index is 14.3. The number of benzene rings is 1. The van der Waals surface area contributed by atoms with E-state index in [9.17, 15) is 28.7 Å². The molecule has 0 fully saturated rings. The standard InChI is InChI=1S/C21H24FN5O6/c22-14-4-3-12(18(30)25-15(20(32)33)5-6-16(28)29)8-11(14)2-1-10-7-13-17(24-9-10)26-21(23)27-19(13)31/h3-4,8,10,15H,1-2,5-7,9H2,(H,25,30)(H,28,29)(H,32,33)(H4,23,24,26,27,31)/t10?,15-/m0/s1. The van der Waals surface area contributed by atoms with Gasteiger partial charge in [0.2, 0.25) is 5.95 Å². The number of nitrogens with two attached hydrogens (primary N) is 1. The highest BCUT2D eigenvalue weighted by Crippen LogP contribution is 2.24. The maximum atomic E-state index is 14.3. The Morgan fingerprint density at radius 3 is 2.76 bits per heavy atom. The third-order valence-electron chi connectivity index (χ3n) is 5.46. The lowest BCUT2D eigenvalue weighted by Gasteiger charge is -2.24. The van der Waals surface area contributed by atoms with Crippen molar-refractivity contribution in [1.82, 2.24) is 15.3 Å². The zero-order chi connectivity index (χ0) is 24.1. The number of aromatic nitrogens is 2. The Kier molecular flexibility index (Phi) is 7.26. The number of carboxylic acid groups (broad SMARTS) is 2. The molecule has 1 aliphatic heterocycles. The van der Waals surface area contributed by atoms with Crippen LogP contribution in [0.4, 0.5) is 16.2 Å². The molecule has 176 valence electrons. The van der Waals surface area contributed by atoms with Crippen molar-refractivity contribution < 1.29 is 29.0 Å². The zero-order valence-corrected chi connectivity index (χ0v) is 17.6. The summed E-state index contributed by atoms with van der Waals surface area (Å²) >= 11 is 0. The molecular formula is C21H24FN5O6. The summed E-state index contributed by atoms with van der Waals surface area (Å²) in [6, 6.07) is 2.33. The average Bonchev–Trinajstić information content (AvgIpc) is 2.75. The second-order valence-corrected chi connectivity index (χ2v) is 7.87. The second kappa shape index (κ2) is 10.1. The highest BCUT2D eigenvalue weighted by molar-refractivity contribution is 5.96. The Bertz CT molecular complexity index is 1130. The first-order valence-electron chi connectivity index (χ1n) is 10.3. The number of carboxylic acids is 2. The van der Waals surface area contributed by atoms with E-state index in [4.69, 9.17) is 10.8 Å². The van der Waals surface area contributed by atoms with Crippen LogP contribution in [0, 0.1) is 11.7 Å². The largest absolute Gasteiger partial charge is 0.481 e. The number of nitrogen functional groups attached to an aromatic ring is 1. The topological polar surface area (TPSA) is 187 Å². The third kappa shape index (κ3) is 6.05. The number of halogens is 1. The molecule has 1 amide bonds. The molecule has 33 heavy (non-hydrogen) atoms. The van der Waals surface area contributed by atoms with Crippen LogP contribution in [0.5, 0.6) is 0 Å². The minimum atomic E-state index is -1.38. The van der Waals surface area contributed by atoms with Gasteiger partial charge in [0.25, 0.3) is 11.5 Å². The Morgan fingerprint density at radius 1 is 1.30 bits per heavy atom. The van der Waals surface area contributed by atoms with Gasteiger partial charge in [0, 0.05) is 18.5 Å². The second-order valence-electron chi connectivity index (χ2n) is 7.87. The summed E-state index contributed by atoms with van der Waals surface area (Å²) in [5.74, 6) is -3.30. The molecule has 3 rings (SSSR count). The van der Waals surface area contributed by atoms with Gasteiger partial charge in [0.15, 0.2) is 0 Å². The monoisotopic (exact) mass is 461 g/mol. The van der Waals surface area contributed by atoms with Gasteiger partial charge in [-0.3, -0.25) is 19.4 Å². The molecule has 2 heterocycles. The molecule has 0 aliphatic carbocycles. The van der Waals surface area contributed by atoms with Crippen molar-refractivity contribution >= 4 is 29.6 Å². The number of anilines is 2. The Labute approximate surface area is 187 Å². The molecule has 1 aliphatic rings. The Balaban J connectivity index is 1.65. The van der Waals surface area contributed by atoms with Gasteiger partial charge >= 0.3 is 11.9 Å². The first-order chi connectivity index (χ1) is 15.6. The van der Waals surface area contributed by atoms with Crippen LogP contribution >= 0.6 is 0 Å². The summed E-state index contributed by atoms with van der Waals surface area (Å²) in [6.07, 6.45) is 0.553. The quantitative estimate of drug-likeness (QED) is 0.313. The molecule has 0 saturated heterocycles. The van der Waals surface area contributed by atoms with Crippen molar-refractivity contribution in [1.29, 1.82) is 0 Å². The molecular weight excluding hydrogens is 437 g/mol. The summed E-state index contributed by atoms with van der Waals surface area (Å²) in [5, 5.41) is 23.3. The van der Waals surface area contributed by atoms with Gasteiger partial charge in [-0.25, -0.2) is 9.18 Å². The number of H-pyrrole nitrogens is 1. The molecule has 2 atom stereocenters. The fourth-order valence-electron chi connectivity index (χ4n) is 3.69. The number of fused-ring (bicyclic) bond motifs is 1. The number of amides is 1. The lowest BCUT2D eigenvalue weighted by atomic mass is 9.90. The number of nitrogens with zero attached hydrogens (tertiary/aromatic N) is 1. The van der Waals surface area contributed by atoms with Gasteiger partial charge in [-0.05, 0) is 55.4 Å². The van der Waals surface area contributed by atoms with E-state index < -0.39 is 36.1 Å². The fourth-order valence-corrected chi connectivity index (χ4v) is 3.69. The lowest BCUT2D eigenvalue weighted by molar-refractivity contribution is -0.140. The van der Waals surface area contributed by atoms with Crippen LogP contribution in [0.1, 0.15) is 40.7 Å². The van der Waals surface area contributed by atoms with Crippen LogP contribution < -0.4 is 21.9 Å². The van der Waals surface area contributed by atoms with Crippen LogP contribution in [-0.4, -0.2) is 50.6 Å². The van der Waals surface area contributed by atoms with Crippen LogP contribution in [0.3, 0.4) is 0 Å². The lowest BCUT2D eigenvalue weighted by Crippen LogP contribution is -2.41. The van der Waals surface area contributed by atoms with Crippen molar-refractivity contribution in [3.8, 4) is 0 Å². The number of aromatic amines is 1. The summed E-state index contributed by atoms with van der Waals surface area (Å²) in [7, 11) is 0. The fraction of sp³-hybridized carbons (Fsp3) is 0.381. The van der Waals surface area contributed by atoms with Crippen LogP contribution in [0.25, 0.3) is 0 Å². The molecule has 12 heteroatoms. The summed E-state index contributed by atoms with van der Waals surface area (Å²) < 4.78 is 14.3. The van der Waals surface area contributed by atoms with E-state index in [-0.39, 0.29) is 41.4 Å². The first kappa shape index (κ1) is 23.7. The molecule has 0 saturated carbocycles. The van der Waals surface area contributed by atoms with E-state index in [1.807, 2.05) is 0 Å². The highest BCUT2D eigenvalue weighted by Gasteiger charge is 2.24. The van der Waals surface area contributed by atoms with Crippen molar-refractivity contribution in [2.45, 2.75) is 38.1 Å². The summed E-state index contributed by atoms with van der Waals surface area (Å²) in [5.41, 5.74) is 6.04. The first-order valence-corrected chi connectivity index (χ1v) is 10.3. The highest BCUT2D eigenvalue weighted by atomic mass is 19.1. The molecule has 7 N–H and O–H groups in total. The third-order valence-corrected chi connectivity index (χ3v) is 5.46. The molecule has 1 aromatic heterocycles. The molecule has 0 bridgehead atoms. The minimum Gasteiger partial charge on any atom is -0.481 e. The molecule has 2 aromatic rings. The van der Waals surface area contributed by atoms with Crippen molar-refractivity contribution in [3.63, 3.8) is 0 Å². The van der Waals surface area contributed by atoms with E-state index >= 15 is 0 Å². The van der Waals surface area contributed by atoms with E-state index in [2.05, 4.69) is 20.6 Å². The number of hydrogen-bond acceptors (Lipinski definition) is 7. The molecule has 0 spiro atoms. The summed E-state index contributed by atoms with van der Waals surface area (Å²) in [6.45, 7) is 0.522. The number of aliphatic carboxylic acids is 2. The Morgan fingerprint density at radius 2 is 2.06 bits per heavy atom. The van der Waals surface area contributed by atoms with Gasteiger partial charge in [-0.15, -0.1) is 0 Å². The van der Waals surface area contributed by atoms with E-state index in [0.29, 0.717) is 30.8 Å². The Hall–Kier alpha value is -3.96. The van der Waals surface area contributed by atoms with Gasteiger partial charge in [-0.2, -0.15) is 4.98 Å². The molecule has 11 nitrogen and oxygen atoms in total. The van der Waals surface area contributed by atoms with E-state index in [1.54, 1.807) is 0 Å². The van der Waals surface area contributed by atoms with Gasteiger partial charge in [0.1, 0.15) is 17.7 Å².